The van der Waals surface area contributed by atoms with Crippen LogP contribution in [0, 0.1) is 0 Å². The van der Waals surface area contributed by atoms with Gasteiger partial charge in [0.1, 0.15) is 5.75 Å². The SMILES string of the molecule is CCC(=O)OCC(=O)Nc1ccccc1Oc1ccccc1. The molecule has 0 fully saturated rings. The van der Waals surface area contributed by atoms with E-state index in [1.165, 1.54) is 0 Å². The number of ether oxygens (including phenoxy) is 2. The summed E-state index contributed by atoms with van der Waals surface area (Å²) in [6, 6.07) is 16.3. The third-order valence-corrected chi connectivity index (χ3v) is 2.79. The molecule has 0 unspecified atom stereocenters. The van der Waals surface area contributed by atoms with E-state index in [2.05, 4.69) is 5.32 Å². The number of nitrogens with one attached hydrogen (secondary N) is 1. The van der Waals surface area contributed by atoms with Gasteiger partial charge in [-0.3, -0.25) is 9.59 Å². The standard InChI is InChI=1S/C17H17NO4/c1-2-17(20)21-12-16(19)18-14-10-6-7-11-15(14)22-13-8-4-3-5-9-13/h3-11H,2,12H2,1H3,(H,18,19). The fraction of sp³-hybridized carbons (Fsp3) is 0.176. The van der Waals surface area contributed by atoms with Gasteiger partial charge in [0.15, 0.2) is 12.4 Å². The summed E-state index contributed by atoms with van der Waals surface area (Å²) in [5, 5.41) is 2.67. The lowest BCUT2D eigenvalue weighted by atomic mass is 10.3. The predicted molar refractivity (Wildman–Crippen MR) is 82.8 cm³/mol. The maximum atomic E-state index is 11.8. The molecule has 0 radical (unpaired) electrons. The van der Waals surface area contributed by atoms with Gasteiger partial charge >= 0.3 is 5.97 Å². The van der Waals surface area contributed by atoms with E-state index in [0.29, 0.717) is 17.2 Å². The molecule has 0 spiro atoms. The second kappa shape index (κ2) is 7.83. The maximum Gasteiger partial charge on any atom is 0.306 e. The quantitative estimate of drug-likeness (QED) is 0.831. The van der Waals surface area contributed by atoms with Crippen LogP contribution < -0.4 is 10.1 Å². The van der Waals surface area contributed by atoms with Crippen LogP contribution in [0.1, 0.15) is 13.3 Å². The summed E-state index contributed by atoms with van der Waals surface area (Å²) in [6.07, 6.45) is 0.237. The third-order valence-electron chi connectivity index (χ3n) is 2.79. The molecular formula is C17H17NO4. The van der Waals surface area contributed by atoms with Gasteiger partial charge in [0.25, 0.3) is 5.91 Å². The average Bonchev–Trinajstić information content (AvgIpc) is 2.55. The molecule has 1 amide bonds. The zero-order chi connectivity index (χ0) is 15.8. The number of carbonyl (C=O) groups excluding carboxylic acids is 2. The van der Waals surface area contributed by atoms with E-state index in [0.717, 1.165) is 0 Å². The summed E-state index contributed by atoms with van der Waals surface area (Å²) in [6.45, 7) is 1.36. The van der Waals surface area contributed by atoms with Crippen LogP contribution in [0.4, 0.5) is 5.69 Å². The zero-order valence-corrected chi connectivity index (χ0v) is 12.2. The molecule has 1 N–H and O–H groups in total. The van der Waals surface area contributed by atoms with Crippen molar-refractivity contribution in [2.45, 2.75) is 13.3 Å². The number of esters is 1. The smallest absolute Gasteiger partial charge is 0.306 e. The Kier molecular flexibility index (Phi) is 5.54. The molecule has 22 heavy (non-hydrogen) atoms. The molecule has 0 aromatic heterocycles. The Labute approximate surface area is 128 Å². The van der Waals surface area contributed by atoms with Crippen molar-refractivity contribution in [1.29, 1.82) is 0 Å². The number of amides is 1. The Balaban J connectivity index is 2.02. The molecular weight excluding hydrogens is 282 g/mol. The minimum atomic E-state index is -0.413. The predicted octanol–water partition coefficient (Wildman–Crippen LogP) is 3.37. The average molecular weight is 299 g/mol. The summed E-state index contributed by atoms with van der Waals surface area (Å²) in [7, 11) is 0. The Morgan fingerprint density at radius 1 is 1.00 bits per heavy atom. The molecule has 2 rings (SSSR count). The molecule has 0 aliphatic heterocycles. The summed E-state index contributed by atoms with van der Waals surface area (Å²) < 4.78 is 10.5. The van der Waals surface area contributed by atoms with Gasteiger partial charge in [-0.05, 0) is 24.3 Å². The minimum Gasteiger partial charge on any atom is -0.456 e. The Morgan fingerprint density at radius 2 is 1.68 bits per heavy atom. The fourth-order valence-corrected chi connectivity index (χ4v) is 1.71. The fourth-order valence-electron chi connectivity index (χ4n) is 1.71. The molecule has 0 heterocycles. The van der Waals surface area contributed by atoms with E-state index in [-0.39, 0.29) is 13.0 Å². The number of benzene rings is 2. The third kappa shape index (κ3) is 4.63. The van der Waals surface area contributed by atoms with Gasteiger partial charge in [-0.25, -0.2) is 0 Å². The van der Waals surface area contributed by atoms with Crippen LogP contribution in [0.5, 0.6) is 11.5 Å². The minimum absolute atomic E-state index is 0.237. The number of carbonyl (C=O) groups is 2. The van der Waals surface area contributed by atoms with Crippen molar-refractivity contribution in [3.63, 3.8) is 0 Å². The van der Waals surface area contributed by atoms with E-state index in [9.17, 15) is 9.59 Å². The molecule has 5 heteroatoms. The normalized spacial score (nSPS) is 9.86. The van der Waals surface area contributed by atoms with Crippen molar-refractivity contribution in [3.8, 4) is 11.5 Å². The van der Waals surface area contributed by atoms with E-state index in [1.807, 2.05) is 36.4 Å². The second-order valence-electron chi connectivity index (χ2n) is 4.47. The van der Waals surface area contributed by atoms with E-state index in [1.54, 1.807) is 25.1 Å². The first-order valence-electron chi connectivity index (χ1n) is 6.96. The first-order chi connectivity index (χ1) is 10.7. The first kappa shape index (κ1) is 15.6. The molecule has 2 aromatic rings. The molecule has 114 valence electrons. The van der Waals surface area contributed by atoms with Gasteiger partial charge < -0.3 is 14.8 Å². The van der Waals surface area contributed by atoms with Gasteiger partial charge in [0.2, 0.25) is 0 Å². The molecule has 2 aromatic carbocycles. The second-order valence-corrected chi connectivity index (χ2v) is 4.47. The summed E-state index contributed by atoms with van der Waals surface area (Å²) in [5.74, 6) is 0.361. The zero-order valence-electron chi connectivity index (χ0n) is 12.2. The molecule has 0 aliphatic rings. The lowest BCUT2D eigenvalue weighted by Gasteiger charge is -2.12. The van der Waals surface area contributed by atoms with Crippen molar-refractivity contribution in [2.24, 2.45) is 0 Å². The van der Waals surface area contributed by atoms with Gasteiger partial charge in [-0.2, -0.15) is 0 Å². The summed E-state index contributed by atoms with van der Waals surface area (Å²) >= 11 is 0. The maximum absolute atomic E-state index is 11.8. The number of para-hydroxylation sites is 3. The van der Waals surface area contributed by atoms with Crippen LogP contribution in [0.25, 0.3) is 0 Å². The molecule has 0 aliphatic carbocycles. The number of anilines is 1. The highest BCUT2D eigenvalue weighted by Gasteiger charge is 2.10. The first-order valence-corrected chi connectivity index (χ1v) is 6.96. The number of hydrogen-bond acceptors (Lipinski definition) is 4. The monoisotopic (exact) mass is 299 g/mol. The highest BCUT2D eigenvalue weighted by Crippen LogP contribution is 2.28. The Morgan fingerprint density at radius 3 is 2.41 bits per heavy atom. The van der Waals surface area contributed by atoms with Crippen molar-refractivity contribution >= 4 is 17.6 Å². The van der Waals surface area contributed by atoms with Crippen LogP contribution in [0.2, 0.25) is 0 Å². The van der Waals surface area contributed by atoms with Crippen molar-refractivity contribution in [2.75, 3.05) is 11.9 Å². The summed E-state index contributed by atoms with van der Waals surface area (Å²) in [4.78, 5) is 22.8. The molecule has 0 atom stereocenters. The van der Waals surface area contributed by atoms with Gasteiger partial charge in [0.05, 0.1) is 5.69 Å². The summed E-state index contributed by atoms with van der Waals surface area (Å²) in [5.41, 5.74) is 0.518. The molecule has 5 nitrogen and oxygen atoms in total. The molecule has 0 saturated carbocycles. The van der Waals surface area contributed by atoms with Crippen LogP contribution in [0.3, 0.4) is 0 Å². The van der Waals surface area contributed by atoms with Gasteiger partial charge in [0, 0.05) is 6.42 Å². The van der Waals surface area contributed by atoms with Crippen LogP contribution in [-0.4, -0.2) is 18.5 Å². The van der Waals surface area contributed by atoms with Crippen molar-refractivity contribution in [3.05, 3.63) is 54.6 Å². The Hall–Kier alpha value is -2.82. The highest BCUT2D eigenvalue weighted by atomic mass is 16.5. The number of rotatable bonds is 6. The van der Waals surface area contributed by atoms with Crippen LogP contribution >= 0.6 is 0 Å². The lowest BCUT2D eigenvalue weighted by molar-refractivity contribution is -0.146. The van der Waals surface area contributed by atoms with E-state index < -0.39 is 11.9 Å². The van der Waals surface area contributed by atoms with E-state index >= 15 is 0 Å². The lowest BCUT2D eigenvalue weighted by Crippen LogP contribution is -2.20. The van der Waals surface area contributed by atoms with E-state index in [4.69, 9.17) is 9.47 Å². The Bertz CT molecular complexity index is 640. The van der Waals surface area contributed by atoms with Gasteiger partial charge in [-0.1, -0.05) is 37.3 Å². The van der Waals surface area contributed by atoms with Crippen molar-refractivity contribution in [1.82, 2.24) is 0 Å². The largest absolute Gasteiger partial charge is 0.456 e. The van der Waals surface area contributed by atoms with Crippen molar-refractivity contribution < 1.29 is 19.1 Å². The number of hydrogen-bond donors (Lipinski definition) is 1. The molecule has 0 bridgehead atoms. The van der Waals surface area contributed by atoms with Crippen LogP contribution in [-0.2, 0) is 14.3 Å². The molecule has 0 saturated heterocycles. The van der Waals surface area contributed by atoms with Gasteiger partial charge in [-0.15, -0.1) is 0 Å². The highest BCUT2D eigenvalue weighted by molar-refractivity contribution is 5.94. The van der Waals surface area contributed by atoms with Crippen LogP contribution in [0.15, 0.2) is 54.6 Å². The topological polar surface area (TPSA) is 64.6 Å².